The highest BCUT2D eigenvalue weighted by Gasteiger charge is 2.08. The van der Waals surface area contributed by atoms with E-state index in [0.717, 1.165) is 22.0 Å². The molecule has 0 fully saturated rings. The van der Waals surface area contributed by atoms with Crippen LogP contribution in [0.2, 0.25) is 0 Å². The van der Waals surface area contributed by atoms with E-state index in [9.17, 15) is 4.79 Å². The van der Waals surface area contributed by atoms with Crippen molar-refractivity contribution in [2.75, 3.05) is 7.11 Å². The topological polar surface area (TPSA) is 68.7 Å². The molecule has 0 saturated carbocycles. The second kappa shape index (κ2) is 7.14. The van der Waals surface area contributed by atoms with Gasteiger partial charge in [0.1, 0.15) is 23.1 Å². The Morgan fingerprint density at radius 3 is 2.75 bits per heavy atom. The van der Waals surface area contributed by atoms with Gasteiger partial charge in [0.2, 0.25) is 0 Å². The molecular weight excluding hydrogens is 326 g/mol. The normalized spacial score (nSPS) is 10.4. The van der Waals surface area contributed by atoms with Crippen LogP contribution < -0.4 is 9.47 Å². The Labute approximate surface area is 143 Å². The van der Waals surface area contributed by atoms with Crippen molar-refractivity contribution in [2.45, 2.75) is 6.61 Å². The van der Waals surface area contributed by atoms with Gasteiger partial charge in [-0.05, 0) is 30.3 Å². The van der Waals surface area contributed by atoms with Crippen LogP contribution in [0, 0.1) is 0 Å². The predicted molar refractivity (Wildman–Crippen MR) is 91.8 cm³/mol. The molecule has 0 spiro atoms. The second-order valence-corrected chi connectivity index (χ2v) is 5.92. The number of carbonyl (C=O) groups is 1. The summed E-state index contributed by atoms with van der Waals surface area (Å²) in [5.41, 5.74) is 2.03. The first-order chi connectivity index (χ1) is 11.7. The average Bonchev–Trinajstić information content (AvgIpc) is 3.09. The molecule has 0 atom stereocenters. The molecule has 24 heavy (non-hydrogen) atoms. The Morgan fingerprint density at radius 1 is 1.17 bits per heavy atom. The molecule has 1 heterocycles. The molecule has 1 aromatic heterocycles. The number of aromatic carboxylic acids is 1. The molecule has 6 heteroatoms. The largest absolute Gasteiger partial charge is 0.497 e. The number of rotatable bonds is 6. The van der Waals surface area contributed by atoms with Crippen molar-refractivity contribution in [1.29, 1.82) is 0 Å². The Hall–Kier alpha value is -2.86. The standard InChI is InChI=1S/C18H15NO4S/c1-22-14-6-2-4-12(8-14)16-11-24-17(19-16)10-23-15-7-3-5-13(9-15)18(20)21/h2-9,11H,10H2,1H3,(H,20,21). The number of carboxylic acids is 1. The number of hydrogen-bond donors (Lipinski definition) is 1. The van der Waals surface area contributed by atoms with Gasteiger partial charge in [0.25, 0.3) is 0 Å². The van der Waals surface area contributed by atoms with Gasteiger partial charge < -0.3 is 14.6 Å². The second-order valence-electron chi connectivity index (χ2n) is 4.98. The lowest BCUT2D eigenvalue weighted by Gasteiger charge is -2.05. The van der Waals surface area contributed by atoms with Crippen LogP contribution in [-0.4, -0.2) is 23.2 Å². The maximum absolute atomic E-state index is 11.0. The molecule has 0 saturated heterocycles. The van der Waals surface area contributed by atoms with E-state index in [-0.39, 0.29) is 12.2 Å². The van der Waals surface area contributed by atoms with E-state index in [0.29, 0.717) is 5.75 Å². The van der Waals surface area contributed by atoms with Gasteiger partial charge in [0.15, 0.2) is 0 Å². The molecule has 0 radical (unpaired) electrons. The van der Waals surface area contributed by atoms with Gasteiger partial charge in [0.05, 0.1) is 18.4 Å². The fourth-order valence-corrected chi connectivity index (χ4v) is 2.87. The number of nitrogens with zero attached hydrogens (tertiary/aromatic N) is 1. The molecule has 0 amide bonds. The minimum Gasteiger partial charge on any atom is -0.497 e. The van der Waals surface area contributed by atoms with E-state index in [1.165, 1.54) is 23.5 Å². The molecule has 1 N–H and O–H groups in total. The van der Waals surface area contributed by atoms with Crippen molar-refractivity contribution in [3.8, 4) is 22.8 Å². The third-order valence-corrected chi connectivity index (χ3v) is 4.18. The van der Waals surface area contributed by atoms with Crippen LogP contribution in [0.3, 0.4) is 0 Å². The molecule has 3 rings (SSSR count). The summed E-state index contributed by atoms with van der Waals surface area (Å²) in [4.78, 5) is 15.5. The van der Waals surface area contributed by atoms with Crippen molar-refractivity contribution >= 4 is 17.3 Å². The first-order valence-electron chi connectivity index (χ1n) is 7.20. The maximum atomic E-state index is 11.0. The summed E-state index contributed by atoms with van der Waals surface area (Å²) in [6.45, 7) is 0.289. The number of carboxylic acid groups (broad SMARTS) is 1. The zero-order valence-electron chi connectivity index (χ0n) is 12.9. The van der Waals surface area contributed by atoms with E-state index in [2.05, 4.69) is 4.98 Å². The molecule has 0 bridgehead atoms. The van der Waals surface area contributed by atoms with Crippen LogP contribution >= 0.6 is 11.3 Å². The number of aromatic nitrogens is 1. The molecule has 3 aromatic rings. The minimum atomic E-state index is -0.977. The first kappa shape index (κ1) is 16.0. The molecule has 5 nitrogen and oxygen atoms in total. The van der Waals surface area contributed by atoms with Crippen LogP contribution in [0.25, 0.3) is 11.3 Å². The molecule has 0 aliphatic rings. The summed E-state index contributed by atoms with van der Waals surface area (Å²) in [7, 11) is 1.63. The van der Waals surface area contributed by atoms with Gasteiger partial charge in [-0.25, -0.2) is 9.78 Å². The van der Waals surface area contributed by atoms with Gasteiger partial charge >= 0.3 is 5.97 Å². The Balaban J connectivity index is 1.70. The van der Waals surface area contributed by atoms with E-state index >= 15 is 0 Å². The fourth-order valence-electron chi connectivity index (χ4n) is 2.16. The maximum Gasteiger partial charge on any atom is 0.335 e. The van der Waals surface area contributed by atoms with E-state index < -0.39 is 5.97 Å². The Morgan fingerprint density at radius 2 is 1.96 bits per heavy atom. The summed E-state index contributed by atoms with van der Waals surface area (Å²) < 4.78 is 10.9. The van der Waals surface area contributed by atoms with Crippen molar-refractivity contribution < 1.29 is 19.4 Å². The number of ether oxygens (including phenoxy) is 2. The number of methoxy groups -OCH3 is 1. The fraction of sp³-hybridized carbons (Fsp3) is 0.111. The highest BCUT2D eigenvalue weighted by Crippen LogP contribution is 2.26. The van der Waals surface area contributed by atoms with Crippen molar-refractivity contribution in [3.05, 3.63) is 64.5 Å². The van der Waals surface area contributed by atoms with Gasteiger partial charge in [-0.1, -0.05) is 18.2 Å². The van der Waals surface area contributed by atoms with Crippen molar-refractivity contribution in [1.82, 2.24) is 4.98 Å². The van der Waals surface area contributed by atoms with E-state index in [4.69, 9.17) is 14.6 Å². The number of benzene rings is 2. The van der Waals surface area contributed by atoms with Crippen molar-refractivity contribution in [2.24, 2.45) is 0 Å². The van der Waals surface area contributed by atoms with Crippen LogP contribution in [0.15, 0.2) is 53.9 Å². The van der Waals surface area contributed by atoms with E-state index in [1.807, 2.05) is 29.6 Å². The number of hydrogen-bond acceptors (Lipinski definition) is 5. The summed E-state index contributed by atoms with van der Waals surface area (Å²) in [6, 6.07) is 14.1. The van der Waals surface area contributed by atoms with Gasteiger partial charge in [-0.15, -0.1) is 11.3 Å². The molecular formula is C18H15NO4S. The minimum absolute atomic E-state index is 0.198. The van der Waals surface area contributed by atoms with Crippen LogP contribution in [0.5, 0.6) is 11.5 Å². The zero-order chi connectivity index (χ0) is 16.9. The van der Waals surface area contributed by atoms with E-state index in [1.54, 1.807) is 19.2 Å². The molecule has 122 valence electrons. The van der Waals surface area contributed by atoms with Crippen LogP contribution in [0.1, 0.15) is 15.4 Å². The third kappa shape index (κ3) is 3.72. The van der Waals surface area contributed by atoms with Gasteiger partial charge in [-0.2, -0.15) is 0 Å². The monoisotopic (exact) mass is 341 g/mol. The molecule has 0 aliphatic heterocycles. The summed E-state index contributed by atoms with van der Waals surface area (Å²) in [5.74, 6) is 0.312. The van der Waals surface area contributed by atoms with Gasteiger partial charge in [-0.3, -0.25) is 0 Å². The predicted octanol–water partition coefficient (Wildman–Crippen LogP) is 4.10. The van der Waals surface area contributed by atoms with Crippen LogP contribution in [0.4, 0.5) is 0 Å². The Bertz CT molecular complexity index is 859. The Kier molecular flexibility index (Phi) is 4.77. The van der Waals surface area contributed by atoms with Gasteiger partial charge in [0, 0.05) is 10.9 Å². The SMILES string of the molecule is COc1cccc(-c2csc(COc3cccc(C(=O)O)c3)n2)c1. The summed E-state index contributed by atoms with van der Waals surface area (Å²) in [5, 5.41) is 11.8. The third-order valence-electron chi connectivity index (χ3n) is 3.36. The molecule has 0 unspecified atom stereocenters. The summed E-state index contributed by atoms with van der Waals surface area (Å²) >= 11 is 1.49. The smallest absolute Gasteiger partial charge is 0.335 e. The number of thiazole rings is 1. The quantitative estimate of drug-likeness (QED) is 0.731. The summed E-state index contributed by atoms with van der Waals surface area (Å²) in [6.07, 6.45) is 0. The highest BCUT2D eigenvalue weighted by atomic mass is 32.1. The zero-order valence-corrected chi connectivity index (χ0v) is 13.7. The molecule has 0 aliphatic carbocycles. The highest BCUT2D eigenvalue weighted by molar-refractivity contribution is 7.09. The lowest BCUT2D eigenvalue weighted by atomic mass is 10.2. The lowest BCUT2D eigenvalue weighted by Crippen LogP contribution is -1.99. The van der Waals surface area contributed by atoms with Crippen LogP contribution in [-0.2, 0) is 6.61 Å². The average molecular weight is 341 g/mol. The van der Waals surface area contributed by atoms with Crippen molar-refractivity contribution in [3.63, 3.8) is 0 Å². The first-order valence-corrected chi connectivity index (χ1v) is 8.08. The lowest BCUT2D eigenvalue weighted by molar-refractivity contribution is 0.0696. The molecule has 2 aromatic carbocycles.